The summed E-state index contributed by atoms with van der Waals surface area (Å²) in [5, 5.41) is 56.3. The number of ketones is 1. The fourth-order valence-electron chi connectivity index (χ4n) is 23.4. The van der Waals surface area contributed by atoms with Crippen molar-refractivity contribution < 1.29 is 44.2 Å². The van der Waals surface area contributed by atoms with Crippen LogP contribution in [0.4, 0.5) is 5.69 Å². The van der Waals surface area contributed by atoms with Crippen LogP contribution in [-0.2, 0) is 21.4 Å². The van der Waals surface area contributed by atoms with E-state index >= 15 is 4.79 Å². The molecule has 0 radical (unpaired) electrons. The van der Waals surface area contributed by atoms with E-state index in [9.17, 15) is 20.4 Å². The van der Waals surface area contributed by atoms with Crippen molar-refractivity contribution in [1.29, 1.82) is 0 Å². The fraction of sp³-hybridized carbons (Fsp3) is 0.726. The van der Waals surface area contributed by atoms with Gasteiger partial charge in [0.15, 0.2) is 28.8 Å². The molecule has 3 aliphatic heterocycles. The summed E-state index contributed by atoms with van der Waals surface area (Å²) in [6, 6.07) is 13.6. The lowest BCUT2D eigenvalue weighted by atomic mass is 9.42. The summed E-state index contributed by atoms with van der Waals surface area (Å²) >= 11 is 0. The predicted octanol–water partition coefficient (Wildman–Crippen LogP) is 11.6. The number of likely N-dealkylation sites (N-methyl/N-ethyl adjacent to an activating group) is 1. The first-order valence-electron chi connectivity index (χ1n) is 34.2. The number of aliphatic hydroxyl groups excluding tert-OH is 2. The Morgan fingerprint density at radius 1 is 0.907 bits per heavy atom. The number of anilines is 1. The van der Waals surface area contributed by atoms with Crippen molar-refractivity contribution in [2.45, 2.75) is 197 Å². The van der Waals surface area contributed by atoms with Crippen LogP contribution in [0.5, 0.6) is 23.0 Å². The summed E-state index contributed by atoms with van der Waals surface area (Å²) < 4.78 is 27.9. The number of ether oxygens (including phenoxy) is 4. The topological polar surface area (TPSA) is 183 Å². The second-order valence-corrected chi connectivity index (χ2v) is 30.3. The summed E-state index contributed by atoms with van der Waals surface area (Å²) in [7, 11) is 5.40. The van der Waals surface area contributed by atoms with Crippen LogP contribution < -0.4 is 30.2 Å². The van der Waals surface area contributed by atoms with Crippen LogP contribution in [0.2, 0.25) is 0 Å². The highest BCUT2D eigenvalue weighted by molar-refractivity contribution is 5.97. The maximum atomic E-state index is 16.2. The highest BCUT2D eigenvalue weighted by Gasteiger charge is 2.70. The number of aliphatic imine (C=N–C) groups is 1. The van der Waals surface area contributed by atoms with Gasteiger partial charge in [-0.25, -0.2) is 0 Å². The molecule has 2 aromatic rings. The largest absolute Gasteiger partial charge is 0.504 e. The average molecular weight is 1180 g/mol. The normalized spacial score (nSPS) is 43.0. The van der Waals surface area contributed by atoms with Gasteiger partial charge in [0.1, 0.15) is 11.7 Å². The number of nitrogens with zero attached hydrogens (tertiary/aromatic N) is 1. The van der Waals surface area contributed by atoms with Crippen molar-refractivity contribution in [2.75, 3.05) is 46.3 Å². The molecule has 14 rings (SSSR count). The molecule has 0 aromatic heterocycles. The Labute approximate surface area is 511 Å². The fourth-order valence-corrected chi connectivity index (χ4v) is 23.4. The van der Waals surface area contributed by atoms with Crippen LogP contribution >= 0.6 is 0 Å². The summed E-state index contributed by atoms with van der Waals surface area (Å²) in [5.41, 5.74) is 0.858. The number of phenolic OH excluding ortho intramolecular Hbond substituents is 1. The maximum Gasteiger partial charge on any atom is 0.207 e. The summed E-state index contributed by atoms with van der Waals surface area (Å²) in [5.74, 6) is 11.3. The third-order valence-electron chi connectivity index (χ3n) is 26.6. The first-order valence-corrected chi connectivity index (χ1v) is 34.2. The number of guanidine groups is 1. The van der Waals surface area contributed by atoms with Crippen molar-refractivity contribution in [1.82, 2.24) is 10.6 Å². The standard InChI is InChI=1S/C73H98N4O9/c1-5-45-14-20-53-54(13-10-31-78)66-68(25-6-7-26-68)28-29-72(66)52-36-59(77-67(75-3)76-30-9-12-51-11-8-27-71(51,63(81)23-21-56(72)55(53)33-45)38-46-15-22-60(80)61(34-46)83-4)65-62(37-52)85-70(44-74-2)40-58-47(24-32-84-65)16-18-49-39-69(58,42-70)43-73(82)57(49)35-48-17-19-50(41-79)64(48)86-73/h15,21-23,34,36-37,45,47-51,53-58,64,66,74,78-80,82H,5-8,10-14,16-20,25-29,31,33,35,38-44H2,1-4H3,(H2,75,76,77)/b23-21+/t45-,47-,48+,49-,50+,51-,53-,54+,55-,56+,57-,58+,64-,66-,69+,70+,71-,72+,73-/m0/s1. The second-order valence-electron chi connectivity index (χ2n) is 30.3. The number of aromatic hydroxyl groups is 1. The van der Waals surface area contributed by atoms with E-state index in [-0.39, 0.29) is 89.0 Å². The van der Waals surface area contributed by atoms with Crippen molar-refractivity contribution in [2.24, 2.45) is 98.2 Å². The Morgan fingerprint density at radius 3 is 2.57 bits per heavy atom. The van der Waals surface area contributed by atoms with Crippen LogP contribution in [-0.4, -0.2) is 90.6 Å². The van der Waals surface area contributed by atoms with Gasteiger partial charge in [-0.15, -0.1) is 0 Å². The minimum Gasteiger partial charge on any atom is -0.504 e. The zero-order valence-corrected chi connectivity index (χ0v) is 51.9. The second kappa shape index (κ2) is 22.9. The zero-order chi connectivity index (χ0) is 59.2. The number of carbonyl (C=O) groups is 1. The molecule has 10 fully saturated rings. The molecular formula is C73H98N4O9. The molecule has 1 saturated heterocycles. The number of hydrogen-bond acceptors (Lipinski definition) is 11. The monoisotopic (exact) mass is 1170 g/mol. The molecule has 13 nitrogen and oxygen atoms in total. The number of phenols is 1. The molecule has 2 aromatic carbocycles. The highest BCUT2D eigenvalue weighted by Crippen LogP contribution is 2.75. The number of rotatable bonds is 10. The van der Waals surface area contributed by atoms with Gasteiger partial charge >= 0.3 is 0 Å². The molecule has 7 N–H and O–H groups in total. The summed E-state index contributed by atoms with van der Waals surface area (Å²) in [4.78, 5) is 21.0. The van der Waals surface area contributed by atoms with E-state index in [0.717, 1.165) is 120 Å². The van der Waals surface area contributed by atoms with Gasteiger partial charge in [0.05, 0.1) is 18.9 Å². The lowest BCUT2D eigenvalue weighted by Gasteiger charge is -2.62. The Kier molecular flexibility index (Phi) is 15.7. The average Bonchev–Trinajstić information content (AvgIpc) is 1.46. The molecule has 0 amide bonds. The Bertz CT molecular complexity index is 3100. The van der Waals surface area contributed by atoms with E-state index in [4.69, 9.17) is 23.9 Å². The van der Waals surface area contributed by atoms with Crippen LogP contribution in [0.25, 0.3) is 0 Å². The van der Waals surface area contributed by atoms with Crippen LogP contribution in [0.15, 0.2) is 47.5 Å². The van der Waals surface area contributed by atoms with E-state index in [1.165, 1.54) is 44.1 Å². The first kappa shape index (κ1) is 58.9. The molecular weight excluding hydrogens is 1080 g/mol. The predicted molar refractivity (Wildman–Crippen MR) is 332 cm³/mol. The lowest BCUT2D eigenvalue weighted by Crippen LogP contribution is -2.60. The molecule has 9 aliphatic carbocycles. The van der Waals surface area contributed by atoms with Gasteiger partial charge in [-0.3, -0.25) is 15.1 Å². The van der Waals surface area contributed by atoms with E-state index in [0.29, 0.717) is 78.6 Å². The molecule has 6 bridgehead atoms. The molecule has 9 saturated carbocycles. The van der Waals surface area contributed by atoms with Crippen LogP contribution in [0, 0.1) is 117 Å². The quantitative estimate of drug-likeness (QED) is 0.112. The Hall–Kier alpha value is -4.76. The van der Waals surface area contributed by atoms with Crippen molar-refractivity contribution in [3.8, 4) is 47.0 Å². The SMILES string of the molecule is CC[C@H]1CC[C@H]2[C@@H](CCCO)[C@H]3C4(CCCC4)CC[C@]34c3cc(c5c(c3)O[C@]3(CNC)C[C@@H]6[C@H](C#CO5)CC[C@H]5C[C@@]6(C3)C[C@]3(O)O[C@H]6[C@H](CC[C@@H]6CO)C[C@@H]53)NC(=NC)NC#CC[C@@H]3CCC[C@@]3(Cc3ccc(O)c(OC)c3)C(=O)/C=C/[C@@H]4[C@H]2C1. The number of benzene rings is 2. The molecule has 0 unspecified atom stereocenters. The maximum absolute atomic E-state index is 16.2. The number of hydrogen-bond donors (Lipinski definition) is 7. The minimum atomic E-state index is -1.29. The molecule has 464 valence electrons. The Morgan fingerprint density at radius 2 is 1.77 bits per heavy atom. The van der Waals surface area contributed by atoms with Gasteiger partial charge in [-0.1, -0.05) is 63.0 Å². The number of nitrogens with one attached hydrogen (secondary N) is 3. The molecule has 86 heavy (non-hydrogen) atoms. The van der Waals surface area contributed by atoms with Crippen molar-refractivity contribution in [3.05, 3.63) is 53.6 Å². The van der Waals surface area contributed by atoms with Crippen molar-refractivity contribution in [3.63, 3.8) is 0 Å². The third kappa shape index (κ3) is 9.56. The van der Waals surface area contributed by atoms with Gasteiger partial charge in [0, 0.05) is 74.3 Å². The van der Waals surface area contributed by atoms with Crippen LogP contribution in [0.1, 0.15) is 179 Å². The van der Waals surface area contributed by atoms with Gasteiger partial charge in [0.2, 0.25) is 11.7 Å². The van der Waals surface area contributed by atoms with Crippen molar-refractivity contribution >= 4 is 17.4 Å². The van der Waals surface area contributed by atoms with E-state index in [2.05, 4.69) is 71.2 Å². The lowest BCUT2D eigenvalue weighted by molar-refractivity contribution is -0.338. The van der Waals surface area contributed by atoms with E-state index < -0.39 is 22.2 Å². The molecule has 13 heteroatoms. The smallest absolute Gasteiger partial charge is 0.207 e. The van der Waals surface area contributed by atoms with E-state index in [1.54, 1.807) is 20.2 Å². The van der Waals surface area contributed by atoms with Gasteiger partial charge < -0.3 is 50.0 Å². The highest BCUT2D eigenvalue weighted by atomic mass is 16.6. The van der Waals surface area contributed by atoms with E-state index in [1.807, 2.05) is 19.2 Å². The molecule has 12 aliphatic rings. The number of allylic oxidation sites excluding steroid dienone is 2. The minimum absolute atomic E-state index is 0.00186. The summed E-state index contributed by atoms with van der Waals surface area (Å²) in [6.45, 7) is 3.23. The number of carbonyl (C=O) groups excluding carboxylic acids is 1. The summed E-state index contributed by atoms with van der Waals surface area (Å²) in [6.07, 6.45) is 32.6. The number of fused-ring (bicyclic) bond motifs is 13. The zero-order valence-electron chi connectivity index (χ0n) is 51.9. The van der Waals surface area contributed by atoms with Gasteiger partial charge in [0.25, 0.3) is 0 Å². The molecule has 3 spiro atoms. The molecule has 3 heterocycles. The number of methoxy groups -OCH3 is 1. The number of aliphatic hydroxyl groups is 3. The van der Waals surface area contributed by atoms with Crippen LogP contribution in [0.3, 0.4) is 0 Å². The first-order chi connectivity index (χ1) is 41.8. The third-order valence-corrected chi connectivity index (χ3v) is 26.6. The molecule has 19 atom stereocenters. The Balaban J connectivity index is 0.958. The van der Waals surface area contributed by atoms with Gasteiger partial charge in [-0.05, 0) is 241 Å². The van der Waals surface area contributed by atoms with Gasteiger partial charge in [-0.2, -0.15) is 0 Å².